The first-order chi connectivity index (χ1) is 11.1. The molecular weight excluding hydrogens is 308 g/mol. The molecule has 1 fully saturated rings. The molecule has 0 spiro atoms. The molecule has 0 aliphatic carbocycles. The lowest BCUT2D eigenvalue weighted by atomic mass is 10.1. The Bertz CT molecular complexity index is 703. The molecule has 1 aromatic rings. The number of likely N-dealkylation sites (tertiary alicyclic amines) is 1. The van der Waals surface area contributed by atoms with E-state index < -0.39 is 0 Å². The van der Waals surface area contributed by atoms with Crippen LogP contribution >= 0.6 is 0 Å². The van der Waals surface area contributed by atoms with Crippen molar-refractivity contribution < 1.29 is 9.59 Å². The summed E-state index contributed by atoms with van der Waals surface area (Å²) in [5, 5.41) is 2.83. The summed E-state index contributed by atoms with van der Waals surface area (Å²) in [6, 6.07) is 1.83. The van der Waals surface area contributed by atoms with Gasteiger partial charge in [0.05, 0.1) is 5.92 Å². The summed E-state index contributed by atoms with van der Waals surface area (Å²) in [4.78, 5) is 41.9. The van der Waals surface area contributed by atoms with Gasteiger partial charge >= 0.3 is 5.69 Å². The molecule has 7 heteroatoms. The van der Waals surface area contributed by atoms with Gasteiger partial charge in [-0.25, -0.2) is 4.79 Å². The Morgan fingerprint density at radius 1 is 1.33 bits per heavy atom. The van der Waals surface area contributed by atoms with E-state index in [1.165, 1.54) is 4.57 Å². The van der Waals surface area contributed by atoms with Gasteiger partial charge in [-0.3, -0.25) is 14.2 Å². The van der Waals surface area contributed by atoms with Gasteiger partial charge in [0.25, 0.3) is 0 Å². The lowest BCUT2D eigenvalue weighted by Crippen LogP contribution is -2.43. The number of carbonyl (C=O) groups excluding carboxylic acids is 2. The number of amides is 2. The van der Waals surface area contributed by atoms with Crippen molar-refractivity contribution in [2.75, 3.05) is 13.1 Å². The molecule has 1 atom stereocenters. The second-order valence-corrected chi connectivity index (χ2v) is 7.34. The van der Waals surface area contributed by atoms with Crippen LogP contribution in [0.25, 0.3) is 0 Å². The van der Waals surface area contributed by atoms with E-state index in [9.17, 15) is 14.4 Å². The van der Waals surface area contributed by atoms with Gasteiger partial charge in [-0.15, -0.1) is 0 Å². The molecule has 1 saturated heterocycles. The number of carbonyl (C=O) groups is 2. The molecule has 0 radical (unpaired) electrons. The Kier molecular flexibility index (Phi) is 5.11. The Labute approximate surface area is 142 Å². The van der Waals surface area contributed by atoms with Crippen molar-refractivity contribution in [3.05, 3.63) is 27.9 Å². The third-order valence-corrected chi connectivity index (χ3v) is 4.29. The SMILES string of the molecule is Cc1cc(C)n(CCNC(=O)[C@@H]2CC(=O)N(C(C)(C)C)C2)c(=O)n1. The summed E-state index contributed by atoms with van der Waals surface area (Å²) >= 11 is 0. The molecule has 7 nitrogen and oxygen atoms in total. The molecule has 1 aromatic heterocycles. The molecule has 0 aromatic carbocycles. The summed E-state index contributed by atoms with van der Waals surface area (Å²) in [7, 11) is 0. The molecular formula is C17H26N4O3. The van der Waals surface area contributed by atoms with Gasteiger partial charge in [0.1, 0.15) is 0 Å². The molecule has 2 amide bonds. The second-order valence-electron chi connectivity index (χ2n) is 7.34. The Hall–Kier alpha value is -2.18. The fourth-order valence-electron chi connectivity index (χ4n) is 3.01. The van der Waals surface area contributed by atoms with Crippen LogP contribution in [0.3, 0.4) is 0 Å². The zero-order valence-electron chi connectivity index (χ0n) is 15.0. The van der Waals surface area contributed by atoms with E-state index in [0.717, 1.165) is 5.69 Å². The van der Waals surface area contributed by atoms with Crippen LogP contribution in [0.5, 0.6) is 0 Å². The lowest BCUT2D eigenvalue weighted by molar-refractivity contribution is -0.132. The minimum atomic E-state index is -0.328. The third-order valence-electron chi connectivity index (χ3n) is 4.29. The number of hydrogen-bond donors (Lipinski definition) is 1. The van der Waals surface area contributed by atoms with E-state index in [0.29, 0.717) is 25.3 Å². The van der Waals surface area contributed by atoms with Gasteiger partial charge in [-0.1, -0.05) is 0 Å². The normalized spacial score (nSPS) is 18.1. The van der Waals surface area contributed by atoms with Gasteiger partial charge in [0.2, 0.25) is 11.8 Å². The molecule has 0 bridgehead atoms. The Balaban J connectivity index is 1.91. The van der Waals surface area contributed by atoms with Crippen LogP contribution < -0.4 is 11.0 Å². The second kappa shape index (κ2) is 6.75. The van der Waals surface area contributed by atoms with Crippen LogP contribution in [-0.2, 0) is 16.1 Å². The standard InChI is InChI=1S/C17H26N4O3/c1-11-8-12(2)20(16(24)19-11)7-6-18-15(23)13-9-14(22)21(10-13)17(3,4)5/h8,13H,6-7,9-10H2,1-5H3,(H,18,23)/t13-/m1/s1. The van der Waals surface area contributed by atoms with E-state index in [1.54, 1.807) is 11.8 Å². The lowest BCUT2D eigenvalue weighted by Gasteiger charge is -2.31. The zero-order chi connectivity index (χ0) is 18.1. The van der Waals surface area contributed by atoms with E-state index >= 15 is 0 Å². The quantitative estimate of drug-likeness (QED) is 0.875. The molecule has 0 saturated carbocycles. The topological polar surface area (TPSA) is 84.3 Å². The van der Waals surface area contributed by atoms with Gasteiger partial charge in [0.15, 0.2) is 0 Å². The average molecular weight is 334 g/mol. The summed E-state index contributed by atoms with van der Waals surface area (Å²) < 4.78 is 1.54. The number of hydrogen-bond acceptors (Lipinski definition) is 4. The van der Waals surface area contributed by atoms with Crippen molar-refractivity contribution in [1.29, 1.82) is 0 Å². The van der Waals surface area contributed by atoms with Gasteiger partial charge in [-0.05, 0) is 40.7 Å². The Morgan fingerprint density at radius 3 is 2.54 bits per heavy atom. The third kappa shape index (κ3) is 4.01. The van der Waals surface area contributed by atoms with Crippen molar-refractivity contribution in [2.24, 2.45) is 5.92 Å². The molecule has 1 aliphatic rings. The first-order valence-corrected chi connectivity index (χ1v) is 8.23. The van der Waals surface area contributed by atoms with Crippen LogP contribution in [0.4, 0.5) is 0 Å². The van der Waals surface area contributed by atoms with Crippen molar-refractivity contribution >= 4 is 11.8 Å². The molecule has 0 unspecified atom stereocenters. The number of nitrogens with zero attached hydrogens (tertiary/aromatic N) is 3. The highest BCUT2D eigenvalue weighted by molar-refractivity contribution is 5.89. The molecule has 2 rings (SSSR count). The largest absolute Gasteiger partial charge is 0.354 e. The first kappa shape index (κ1) is 18.2. The summed E-state index contributed by atoms with van der Waals surface area (Å²) in [5.74, 6) is -0.455. The van der Waals surface area contributed by atoms with Crippen molar-refractivity contribution in [2.45, 2.75) is 53.1 Å². The van der Waals surface area contributed by atoms with Gasteiger partial charge in [0, 0.05) is 43.0 Å². The summed E-state index contributed by atoms with van der Waals surface area (Å²) in [5.41, 5.74) is 0.919. The zero-order valence-corrected chi connectivity index (χ0v) is 15.0. The predicted molar refractivity (Wildman–Crippen MR) is 90.6 cm³/mol. The molecule has 2 heterocycles. The van der Waals surface area contributed by atoms with Crippen LogP contribution in [-0.4, -0.2) is 44.9 Å². The fourth-order valence-corrected chi connectivity index (χ4v) is 3.01. The number of nitrogens with one attached hydrogen (secondary N) is 1. The summed E-state index contributed by atoms with van der Waals surface area (Å²) in [6.45, 7) is 10.7. The summed E-state index contributed by atoms with van der Waals surface area (Å²) in [6.07, 6.45) is 0.244. The van der Waals surface area contributed by atoms with E-state index in [1.807, 2.05) is 33.8 Å². The van der Waals surface area contributed by atoms with Crippen molar-refractivity contribution in [3.8, 4) is 0 Å². The highest BCUT2D eigenvalue weighted by atomic mass is 16.2. The molecule has 132 valence electrons. The minimum Gasteiger partial charge on any atom is -0.354 e. The maximum atomic E-state index is 12.3. The highest BCUT2D eigenvalue weighted by Gasteiger charge is 2.39. The maximum Gasteiger partial charge on any atom is 0.348 e. The van der Waals surface area contributed by atoms with Crippen LogP contribution in [0, 0.1) is 19.8 Å². The number of aromatic nitrogens is 2. The van der Waals surface area contributed by atoms with Crippen LogP contribution in [0.2, 0.25) is 0 Å². The van der Waals surface area contributed by atoms with Crippen LogP contribution in [0.1, 0.15) is 38.6 Å². The van der Waals surface area contributed by atoms with Crippen molar-refractivity contribution in [1.82, 2.24) is 19.8 Å². The smallest absolute Gasteiger partial charge is 0.348 e. The Morgan fingerprint density at radius 2 is 2.00 bits per heavy atom. The number of rotatable bonds is 4. The van der Waals surface area contributed by atoms with Gasteiger partial charge in [-0.2, -0.15) is 4.98 Å². The molecule has 1 N–H and O–H groups in total. The first-order valence-electron chi connectivity index (χ1n) is 8.23. The van der Waals surface area contributed by atoms with Gasteiger partial charge < -0.3 is 10.2 Å². The predicted octanol–water partition coefficient (Wildman–Crippen LogP) is 0.623. The van der Waals surface area contributed by atoms with E-state index in [2.05, 4.69) is 10.3 Å². The average Bonchev–Trinajstić information content (AvgIpc) is 2.83. The van der Waals surface area contributed by atoms with Crippen molar-refractivity contribution in [3.63, 3.8) is 0 Å². The highest BCUT2D eigenvalue weighted by Crippen LogP contribution is 2.25. The monoisotopic (exact) mass is 334 g/mol. The fraction of sp³-hybridized carbons (Fsp3) is 0.647. The van der Waals surface area contributed by atoms with Crippen LogP contribution in [0.15, 0.2) is 10.9 Å². The van der Waals surface area contributed by atoms with E-state index in [4.69, 9.17) is 0 Å². The number of aryl methyl sites for hydroxylation is 2. The van der Waals surface area contributed by atoms with E-state index in [-0.39, 0.29) is 35.4 Å². The molecule has 1 aliphatic heterocycles. The molecule has 24 heavy (non-hydrogen) atoms. The minimum absolute atomic E-state index is 0.0115. The maximum absolute atomic E-state index is 12.3.